The van der Waals surface area contributed by atoms with Crippen LogP contribution in [0, 0.1) is 0 Å². The van der Waals surface area contributed by atoms with Gasteiger partial charge in [0.25, 0.3) is 5.91 Å². The summed E-state index contributed by atoms with van der Waals surface area (Å²) in [6, 6.07) is 0. The van der Waals surface area contributed by atoms with E-state index < -0.39 is 18.0 Å². The number of aromatic nitrogens is 2. The number of primary amides is 1. The molecule has 100 valence electrons. The van der Waals surface area contributed by atoms with Crippen molar-refractivity contribution in [2.24, 2.45) is 5.73 Å². The maximum atomic E-state index is 11.5. The van der Waals surface area contributed by atoms with Crippen LogP contribution >= 0.6 is 22.9 Å². The molecule has 1 atom stereocenters. The van der Waals surface area contributed by atoms with Gasteiger partial charge in [0, 0.05) is 17.7 Å². The number of imidazole rings is 1. The van der Waals surface area contributed by atoms with Crippen LogP contribution in [-0.4, -0.2) is 27.4 Å². The molecule has 2 N–H and O–H groups in total. The molecule has 2 rings (SSSR count). The van der Waals surface area contributed by atoms with E-state index in [0.717, 1.165) is 4.96 Å². The number of carbonyl (C=O) groups excluding carboxylic acids is 2. The van der Waals surface area contributed by atoms with Gasteiger partial charge in [0.2, 0.25) is 0 Å². The fourth-order valence-corrected chi connectivity index (χ4v) is 2.35. The first-order valence-electron chi connectivity index (χ1n) is 5.28. The maximum absolute atomic E-state index is 11.5. The summed E-state index contributed by atoms with van der Waals surface area (Å²) in [6.45, 7) is 1.40. The Labute approximate surface area is 117 Å². The van der Waals surface area contributed by atoms with E-state index in [4.69, 9.17) is 22.1 Å². The second-order valence-corrected chi connectivity index (χ2v) is 4.89. The Kier molecular flexibility index (Phi) is 3.87. The molecular formula is C11H10ClN3O3S. The molecule has 19 heavy (non-hydrogen) atoms. The average Bonchev–Trinajstić information content (AvgIpc) is 2.87. The van der Waals surface area contributed by atoms with Crippen LogP contribution in [0.2, 0.25) is 5.15 Å². The molecule has 2 aromatic rings. The van der Waals surface area contributed by atoms with Crippen LogP contribution < -0.4 is 5.73 Å². The maximum Gasteiger partial charge on any atom is 0.331 e. The van der Waals surface area contributed by atoms with Crippen LogP contribution in [0.3, 0.4) is 0 Å². The molecule has 0 saturated heterocycles. The van der Waals surface area contributed by atoms with Crippen LogP contribution in [0.15, 0.2) is 17.7 Å². The monoisotopic (exact) mass is 299 g/mol. The molecule has 6 nitrogen and oxygen atoms in total. The fraction of sp³-hybridized carbons (Fsp3) is 0.182. The molecule has 0 fully saturated rings. The predicted molar refractivity (Wildman–Crippen MR) is 71.9 cm³/mol. The number of nitrogens with two attached hydrogens (primary N) is 1. The van der Waals surface area contributed by atoms with Gasteiger partial charge in [0.1, 0.15) is 0 Å². The highest BCUT2D eigenvalue weighted by Crippen LogP contribution is 2.22. The Morgan fingerprint density at radius 2 is 2.37 bits per heavy atom. The van der Waals surface area contributed by atoms with E-state index in [1.54, 1.807) is 10.6 Å². The normalized spacial score (nSPS) is 12.9. The topological polar surface area (TPSA) is 86.7 Å². The van der Waals surface area contributed by atoms with Gasteiger partial charge in [-0.15, -0.1) is 11.3 Å². The second kappa shape index (κ2) is 5.41. The highest BCUT2D eigenvalue weighted by molar-refractivity contribution is 7.15. The number of hydrogen-bond donors (Lipinski definition) is 1. The number of ether oxygens (including phenoxy) is 1. The summed E-state index contributed by atoms with van der Waals surface area (Å²) in [6.07, 6.45) is 3.47. The van der Waals surface area contributed by atoms with Crippen molar-refractivity contribution in [3.63, 3.8) is 0 Å². The molecule has 8 heteroatoms. The fourth-order valence-electron chi connectivity index (χ4n) is 1.34. The lowest BCUT2D eigenvalue weighted by atomic mass is 10.3. The number of amides is 1. The van der Waals surface area contributed by atoms with Crippen molar-refractivity contribution in [2.75, 3.05) is 0 Å². The molecule has 2 aromatic heterocycles. The molecular weight excluding hydrogens is 290 g/mol. The quantitative estimate of drug-likeness (QED) is 0.684. The summed E-state index contributed by atoms with van der Waals surface area (Å²) in [4.78, 5) is 27.0. The number of fused-ring (bicyclic) bond motifs is 1. The Hall–Kier alpha value is -1.86. The van der Waals surface area contributed by atoms with Crippen molar-refractivity contribution in [2.45, 2.75) is 13.0 Å². The number of thiazole rings is 1. The second-order valence-electron chi connectivity index (χ2n) is 3.66. The molecule has 0 aliphatic rings. The number of nitrogens with zero attached hydrogens (tertiary/aromatic N) is 2. The van der Waals surface area contributed by atoms with Crippen molar-refractivity contribution < 1.29 is 14.3 Å². The van der Waals surface area contributed by atoms with Crippen LogP contribution in [0.5, 0.6) is 0 Å². The van der Waals surface area contributed by atoms with Gasteiger partial charge in [-0.2, -0.15) is 0 Å². The smallest absolute Gasteiger partial charge is 0.331 e. The SMILES string of the molecule is CC(OC(=O)C=Cc1c(Cl)nc2sccn12)C(N)=O. The first kappa shape index (κ1) is 13.6. The third-order valence-corrected chi connectivity index (χ3v) is 3.36. The Bertz CT molecular complexity index is 661. The van der Waals surface area contributed by atoms with Gasteiger partial charge >= 0.3 is 5.97 Å². The zero-order chi connectivity index (χ0) is 14.0. The standard InChI is InChI=1S/C11H10ClN3O3S/c1-6(10(13)17)18-8(16)3-2-7-9(12)14-11-15(7)4-5-19-11/h2-6H,1H3,(H2,13,17). The lowest BCUT2D eigenvalue weighted by Crippen LogP contribution is -2.29. The van der Waals surface area contributed by atoms with E-state index in [2.05, 4.69) is 4.98 Å². The van der Waals surface area contributed by atoms with E-state index in [1.807, 2.05) is 5.38 Å². The number of hydrogen-bond acceptors (Lipinski definition) is 5. The van der Waals surface area contributed by atoms with Gasteiger partial charge in [-0.3, -0.25) is 9.20 Å². The summed E-state index contributed by atoms with van der Waals surface area (Å²) in [5, 5.41) is 2.14. The Balaban J connectivity index is 2.14. The first-order chi connectivity index (χ1) is 8.99. The molecule has 0 aromatic carbocycles. The largest absolute Gasteiger partial charge is 0.449 e. The van der Waals surface area contributed by atoms with Crippen LogP contribution in [0.25, 0.3) is 11.0 Å². The molecule has 0 saturated carbocycles. The third-order valence-electron chi connectivity index (χ3n) is 2.33. The Morgan fingerprint density at radius 3 is 3.05 bits per heavy atom. The van der Waals surface area contributed by atoms with Gasteiger partial charge in [0.15, 0.2) is 16.2 Å². The molecule has 0 radical (unpaired) electrons. The molecule has 0 aliphatic heterocycles. The van der Waals surface area contributed by atoms with E-state index in [0.29, 0.717) is 10.8 Å². The number of halogens is 1. The molecule has 1 amide bonds. The van der Waals surface area contributed by atoms with Gasteiger partial charge in [-0.1, -0.05) is 11.6 Å². The van der Waals surface area contributed by atoms with Gasteiger partial charge in [-0.05, 0) is 13.0 Å². The lowest BCUT2D eigenvalue weighted by Gasteiger charge is -2.06. The van der Waals surface area contributed by atoms with E-state index in [1.165, 1.54) is 30.4 Å². The molecule has 2 heterocycles. The van der Waals surface area contributed by atoms with E-state index in [9.17, 15) is 9.59 Å². The molecule has 0 bridgehead atoms. The zero-order valence-corrected chi connectivity index (χ0v) is 11.4. The van der Waals surface area contributed by atoms with Crippen molar-refractivity contribution in [3.8, 4) is 0 Å². The highest BCUT2D eigenvalue weighted by atomic mass is 35.5. The summed E-state index contributed by atoms with van der Waals surface area (Å²) in [5.41, 5.74) is 5.56. The van der Waals surface area contributed by atoms with Gasteiger partial charge in [0.05, 0.1) is 5.69 Å². The summed E-state index contributed by atoms with van der Waals surface area (Å²) in [5.74, 6) is -1.38. The number of carbonyl (C=O) groups is 2. The van der Waals surface area contributed by atoms with E-state index in [-0.39, 0.29) is 0 Å². The minimum Gasteiger partial charge on any atom is -0.449 e. The summed E-state index contributed by atoms with van der Waals surface area (Å²) < 4.78 is 6.52. The molecule has 1 unspecified atom stereocenters. The molecule has 0 aliphatic carbocycles. The molecule has 0 spiro atoms. The average molecular weight is 300 g/mol. The summed E-state index contributed by atoms with van der Waals surface area (Å²) >= 11 is 7.37. The highest BCUT2D eigenvalue weighted by Gasteiger charge is 2.13. The number of esters is 1. The van der Waals surface area contributed by atoms with Crippen molar-refractivity contribution >= 4 is 45.9 Å². The van der Waals surface area contributed by atoms with Gasteiger partial charge in [-0.25, -0.2) is 9.78 Å². The van der Waals surface area contributed by atoms with Crippen LogP contribution in [0.4, 0.5) is 0 Å². The van der Waals surface area contributed by atoms with Crippen molar-refractivity contribution in [3.05, 3.63) is 28.5 Å². The minimum absolute atomic E-state index is 0.291. The Morgan fingerprint density at radius 1 is 1.63 bits per heavy atom. The van der Waals surface area contributed by atoms with Gasteiger partial charge < -0.3 is 10.5 Å². The zero-order valence-electron chi connectivity index (χ0n) is 9.87. The minimum atomic E-state index is -0.973. The van der Waals surface area contributed by atoms with Crippen LogP contribution in [0.1, 0.15) is 12.6 Å². The van der Waals surface area contributed by atoms with Crippen molar-refractivity contribution in [1.29, 1.82) is 0 Å². The van der Waals surface area contributed by atoms with Crippen LogP contribution in [-0.2, 0) is 14.3 Å². The first-order valence-corrected chi connectivity index (χ1v) is 6.54. The van der Waals surface area contributed by atoms with Crippen molar-refractivity contribution in [1.82, 2.24) is 9.38 Å². The third kappa shape index (κ3) is 2.94. The summed E-state index contributed by atoms with van der Waals surface area (Å²) in [7, 11) is 0. The lowest BCUT2D eigenvalue weighted by molar-refractivity contribution is -0.148. The number of rotatable bonds is 4. The predicted octanol–water partition coefficient (Wildman–Crippen LogP) is 1.48. The van der Waals surface area contributed by atoms with E-state index >= 15 is 0 Å².